The zero-order valence-electron chi connectivity index (χ0n) is 18.1. The minimum absolute atomic E-state index is 0.248. The van der Waals surface area contributed by atoms with E-state index in [1.54, 1.807) is 50.4 Å². The van der Waals surface area contributed by atoms with Crippen molar-refractivity contribution in [2.75, 3.05) is 24.3 Å². The SMILES string of the molecule is CC[C@H](C(=O)N[C@@H](C)COc1ccc(OC)cc1)N(c1ccc(C)cc1)S(C)(=O)=O. The number of nitrogens with zero attached hydrogens (tertiary/aromatic N) is 1. The van der Waals surface area contributed by atoms with Crippen molar-refractivity contribution in [3.05, 3.63) is 54.1 Å². The van der Waals surface area contributed by atoms with Crippen molar-refractivity contribution in [1.82, 2.24) is 5.32 Å². The Morgan fingerprint density at radius 1 is 1.07 bits per heavy atom. The largest absolute Gasteiger partial charge is 0.497 e. The van der Waals surface area contributed by atoms with Gasteiger partial charge in [0.2, 0.25) is 15.9 Å². The minimum atomic E-state index is -3.66. The maximum Gasteiger partial charge on any atom is 0.244 e. The summed E-state index contributed by atoms with van der Waals surface area (Å²) in [6, 6.07) is 13.0. The summed E-state index contributed by atoms with van der Waals surface area (Å²) < 4.78 is 37.0. The fourth-order valence-corrected chi connectivity index (χ4v) is 4.24. The number of benzene rings is 2. The number of hydrogen-bond acceptors (Lipinski definition) is 5. The topological polar surface area (TPSA) is 84.9 Å². The van der Waals surface area contributed by atoms with Crippen molar-refractivity contribution in [1.29, 1.82) is 0 Å². The fourth-order valence-electron chi connectivity index (χ4n) is 3.03. The zero-order chi connectivity index (χ0) is 22.3. The van der Waals surface area contributed by atoms with E-state index in [9.17, 15) is 13.2 Å². The van der Waals surface area contributed by atoms with Gasteiger partial charge in [-0.05, 0) is 56.7 Å². The van der Waals surface area contributed by atoms with Crippen LogP contribution in [0.4, 0.5) is 5.69 Å². The van der Waals surface area contributed by atoms with Gasteiger partial charge in [0.15, 0.2) is 0 Å². The van der Waals surface area contributed by atoms with Crippen molar-refractivity contribution >= 4 is 21.6 Å². The molecule has 0 fully saturated rings. The second-order valence-corrected chi connectivity index (χ2v) is 9.07. The maximum atomic E-state index is 12.9. The lowest BCUT2D eigenvalue weighted by Crippen LogP contribution is -2.52. The Bertz CT molecular complexity index is 927. The third-order valence-electron chi connectivity index (χ3n) is 4.57. The van der Waals surface area contributed by atoms with Crippen LogP contribution in [-0.2, 0) is 14.8 Å². The Morgan fingerprint density at radius 2 is 1.63 bits per heavy atom. The molecule has 164 valence electrons. The average Bonchev–Trinajstić information content (AvgIpc) is 2.70. The van der Waals surface area contributed by atoms with Crippen LogP contribution in [0.5, 0.6) is 11.5 Å². The molecule has 2 aromatic rings. The monoisotopic (exact) mass is 434 g/mol. The molecule has 0 bridgehead atoms. The van der Waals surface area contributed by atoms with Crippen molar-refractivity contribution < 1.29 is 22.7 Å². The van der Waals surface area contributed by atoms with Gasteiger partial charge in [-0.3, -0.25) is 9.10 Å². The van der Waals surface area contributed by atoms with Gasteiger partial charge in [0.05, 0.1) is 25.1 Å². The highest BCUT2D eigenvalue weighted by Crippen LogP contribution is 2.23. The number of amides is 1. The molecule has 0 radical (unpaired) electrons. The predicted molar refractivity (Wildman–Crippen MR) is 119 cm³/mol. The highest BCUT2D eigenvalue weighted by Gasteiger charge is 2.32. The number of carbonyl (C=O) groups is 1. The van der Waals surface area contributed by atoms with Crippen molar-refractivity contribution in [2.45, 2.75) is 39.3 Å². The summed E-state index contributed by atoms with van der Waals surface area (Å²) in [6.45, 7) is 5.76. The molecule has 0 saturated heterocycles. The number of ether oxygens (including phenoxy) is 2. The molecule has 0 aromatic heterocycles. The smallest absolute Gasteiger partial charge is 0.244 e. The molecule has 0 aliphatic heterocycles. The van der Waals surface area contributed by atoms with Crippen LogP contribution in [0.2, 0.25) is 0 Å². The molecule has 30 heavy (non-hydrogen) atoms. The summed E-state index contributed by atoms with van der Waals surface area (Å²) in [6.07, 6.45) is 1.44. The van der Waals surface area contributed by atoms with E-state index in [1.165, 1.54) is 4.31 Å². The average molecular weight is 435 g/mol. The summed E-state index contributed by atoms with van der Waals surface area (Å²) in [5.74, 6) is 1.02. The maximum absolute atomic E-state index is 12.9. The summed E-state index contributed by atoms with van der Waals surface area (Å²) in [7, 11) is -2.06. The molecule has 1 amide bonds. The molecule has 2 atom stereocenters. The van der Waals surface area contributed by atoms with Gasteiger partial charge in [-0.15, -0.1) is 0 Å². The van der Waals surface area contributed by atoms with Gasteiger partial charge < -0.3 is 14.8 Å². The summed E-state index contributed by atoms with van der Waals surface area (Å²) >= 11 is 0. The van der Waals surface area contributed by atoms with Gasteiger partial charge in [0.25, 0.3) is 0 Å². The molecule has 0 heterocycles. The normalized spacial score (nSPS) is 13.2. The second-order valence-electron chi connectivity index (χ2n) is 7.21. The van der Waals surface area contributed by atoms with Crippen LogP contribution >= 0.6 is 0 Å². The first-order valence-corrected chi connectivity index (χ1v) is 11.6. The van der Waals surface area contributed by atoms with Crippen LogP contribution in [0.25, 0.3) is 0 Å². The molecule has 7 nitrogen and oxygen atoms in total. The Kier molecular flexibility index (Phi) is 8.11. The highest BCUT2D eigenvalue weighted by atomic mass is 32.2. The number of rotatable bonds is 10. The molecule has 0 saturated carbocycles. The van der Waals surface area contributed by atoms with Gasteiger partial charge >= 0.3 is 0 Å². The van der Waals surface area contributed by atoms with E-state index in [1.807, 2.05) is 26.0 Å². The number of aryl methyl sites for hydroxylation is 1. The van der Waals surface area contributed by atoms with E-state index in [0.717, 1.165) is 17.6 Å². The predicted octanol–water partition coefficient (Wildman–Crippen LogP) is 3.13. The zero-order valence-corrected chi connectivity index (χ0v) is 18.9. The lowest BCUT2D eigenvalue weighted by atomic mass is 10.1. The summed E-state index contributed by atoms with van der Waals surface area (Å²) in [4.78, 5) is 12.9. The van der Waals surface area contributed by atoms with Crippen molar-refractivity contribution in [2.24, 2.45) is 0 Å². The Labute approximate surface area is 179 Å². The molecule has 1 N–H and O–H groups in total. The molecule has 8 heteroatoms. The van der Waals surface area contributed by atoms with Crippen LogP contribution in [0.15, 0.2) is 48.5 Å². The van der Waals surface area contributed by atoms with Crippen LogP contribution in [0, 0.1) is 6.92 Å². The number of hydrogen-bond donors (Lipinski definition) is 1. The van der Waals surface area contributed by atoms with E-state index in [4.69, 9.17) is 9.47 Å². The molecular formula is C22H30N2O5S. The first-order valence-electron chi connectivity index (χ1n) is 9.79. The van der Waals surface area contributed by atoms with E-state index in [-0.39, 0.29) is 18.6 Å². The summed E-state index contributed by atoms with van der Waals surface area (Å²) in [5, 5.41) is 2.86. The van der Waals surface area contributed by atoms with Crippen molar-refractivity contribution in [3.63, 3.8) is 0 Å². The van der Waals surface area contributed by atoms with E-state index >= 15 is 0 Å². The Balaban J connectivity index is 2.07. The van der Waals surface area contributed by atoms with Gasteiger partial charge in [-0.1, -0.05) is 24.6 Å². The van der Waals surface area contributed by atoms with Gasteiger partial charge in [0.1, 0.15) is 24.1 Å². The third-order valence-corrected chi connectivity index (χ3v) is 5.75. The molecule has 2 rings (SSSR count). The molecule has 0 aliphatic carbocycles. The highest BCUT2D eigenvalue weighted by molar-refractivity contribution is 7.92. The van der Waals surface area contributed by atoms with E-state index < -0.39 is 16.1 Å². The van der Waals surface area contributed by atoms with Crippen molar-refractivity contribution in [3.8, 4) is 11.5 Å². The van der Waals surface area contributed by atoms with Crippen LogP contribution in [0.1, 0.15) is 25.8 Å². The number of nitrogens with one attached hydrogen (secondary N) is 1. The molecule has 0 aliphatic rings. The number of carbonyl (C=O) groups excluding carboxylic acids is 1. The lowest BCUT2D eigenvalue weighted by molar-refractivity contribution is -0.123. The fraction of sp³-hybridized carbons (Fsp3) is 0.409. The lowest BCUT2D eigenvalue weighted by Gasteiger charge is -2.31. The second kappa shape index (κ2) is 10.3. The number of methoxy groups -OCH3 is 1. The first-order chi connectivity index (χ1) is 14.2. The molecular weight excluding hydrogens is 404 g/mol. The third kappa shape index (κ3) is 6.38. The number of sulfonamides is 1. The first kappa shape index (κ1) is 23.5. The van der Waals surface area contributed by atoms with E-state index in [2.05, 4.69) is 5.32 Å². The Morgan fingerprint density at radius 3 is 2.13 bits per heavy atom. The number of anilines is 1. The van der Waals surface area contributed by atoms with E-state index in [0.29, 0.717) is 17.9 Å². The quantitative estimate of drug-likeness (QED) is 0.621. The standard InChI is InChI=1S/C22H30N2O5S/c1-6-21(24(30(5,26)27)18-9-7-16(2)8-10-18)22(25)23-17(3)15-29-20-13-11-19(28-4)12-14-20/h7-14,17,21H,6,15H2,1-5H3,(H,23,25)/t17-,21+/m0/s1. The molecule has 0 unspecified atom stereocenters. The minimum Gasteiger partial charge on any atom is -0.497 e. The summed E-state index contributed by atoms with van der Waals surface area (Å²) in [5.41, 5.74) is 1.47. The van der Waals surface area contributed by atoms with Gasteiger partial charge in [-0.2, -0.15) is 0 Å². The van der Waals surface area contributed by atoms with Gasteiger partial charge in [0, 0.05) is 0 Å². The van der Waals surface area contributed by atoms with Gasteiger partial charge in [-0.25, -0.2) is 8.42 Å². The Hall–Kier alpha value is -2.74. The molecule has 0 spiro atoms. The molecule has 2 aromatic carbocycles. The van der Waals surface area contributed by atoms with Crippen LogP contribution in [-0.4, -0.2) is 46.4 Å². The van der Waals surface area contributed by atoms with Crippen LogP contribution in [0.3, 0.4) is 0 Å². The van der Waals surface area contributed by atoms with Crippen LogP contribution < -0.4 is 19.1 Å².